The van der Waals surface area contributed by atoms with Crippen LogP contribution in [-0.4, -0.2) is 63.8 Å². The monoisotopic (exact) mass is 748 g/mol. The van der Waals surface area contributed by atoms with Crippen molar-refractivity contribution in [1.29, 1.82) is 0 Å². The Morgan fingerprint density at radius 1 is 0.962 bits per heavy atom. The van der Waals surface area contributed by atoms with Crippen LogP contribution in [0.3, 0.4) is 0 Å². The summed E-state index contributed by atoms with van der Waals surface area (Å²) in [4.78, 5) is 54.5. The number of halogens is 1. The third-order valence-corrected chi connectivity index (χ3v) is 9.51. The van der Waals surface area contributed by atoms with Gasteiger partial charge >= 0.3 is 11.9 Å². The molecular formula is C40H45ClN2O10. The quantitative estimate of drug-likeness (QED) is 0.144. The summed E-state index contributed by atoms with van der Waals surface area (Å²) in [5.41, 5.74) is 4.12. The van der Waals surface area contributed by atoms with E-state index in [2.05, 4.69) is 5.32 Å². The SMILES string of the molecule is CCOC(=O)c1cc2c(C)c(NC(=O)C[C@H]3O[C@H](c4cccc(OC)c4OC)c4cc(Cl)ccc4N(CC(C)(C)COC(C)=O)C3=O)c(C)c(C)c2o1. The van der Waals surface area contributed by atoms with Crippen LogP contribution in [0.1, 0.15) is 78.6 Å². The Labute approximate surface area is 313 Å². The van der Waals surface area contributed by atoms with Gasteiger partial charge in [-0.3, -0.25) is 14.4 Å². The number of ether oxygens (including phenoxy) is 5. The molecule has 0 unspecified atom stereocenters. The van der Waals surface area contributed by atoms with Crippen molar-refractivity contribution in [3.8, 4) is 11.5 Å². The smallest absolute Gasteiger partial charge is 0.374 e. The van der Waals surface area contributed by atoms with Crippen molar-refractivity contribution in [3.63, 3.8) is 0 Å². The highest BCUT2D eigenvalue weighted by molar-refractivity contribution is 6.30. The molecule has 2 heterocycles. The Bertz CT molecular complexity index is 2070. The first-order chi connectivity index (χ1) is 25.1. The number of rotatable bonds is 12. The van der Waals surface area contributed by atoms with Gasteiger partial charge in [-0.2, -0.15) is 0 Å². The molecule has 0 saturated heterocycles. The average Bonchev–Trinajstić information content (AvgIpc) is 3.55. The summed E-state index contributed by atoms with van der Waals surface area (Å²) in [5, 5.41) is 4.07. The number of amides is 2. The summed E-state index contributed by atoms with van der Waals surface area (Å²) in [6, 6.07) is 12.1. The van der Waals surface area contributed by atoms with Crippen LogP contribution < -0.4 is 19.7 Å². The molecule has 2 atom stereocenters. The first kappa shape index (κ1) is 39.1. The number of anilines is 2. The Hall–Kier alpha value is -5.07. The van der Waals surface area contributed by atoms with E-state index >= 15 is 0 Å². The molecular weight excluding hydrogens is 704 g/mol. The van der Waals surface area contributed by atoms with Crippen molar-refractivity contribution < 1.29 is 47.3 Å². The number of nitrogens with zero attached hydrogens (tertiary/aromatic N) is 1. The number of furan rings is 1. The first-order valence-corrected chi connectivity index (χ1v) is 17.6. The minimum absolute atomic E-state index is 0.0421. The van der Waals surface area contributed by atoms with Crippen molar-refractivity contribution in [2.75, 3.05) is 44.2 Å². The molecule has 282 valence electrons. The average molecular weight is 749 g/mol. The molecule has 0 radical (unpaired) electrons. The number of carbonyl (C=O) groups excluding carboxylic acids is 4. The van der Waals surface area contributed by atoms with Gasteiger partial charge in [-0.1, -0.05) is 37.6 Å². The highest BCUT2D eigenvalue weighted by Crippen LogP contribution is 2.46. The zero-order chi connectivity index (χ0) is 38.8. The predicted octanol–water partition coefficient (Wildman–Crippen LogP) is 7.64. The van der Waals surface area contributed by atoms with E-state index in [0.29, 0.717) is 55.6 Å². The molecule has 3 aromatic carbocycles. The second-order valence-electron chi connectivity index (χ2n) is 13.7. The molecule has 0 spiro atoms. The fraction of sp³-hybridized carbons (Fsp3) is 0.400. The van der Waals surface area contributed by atoms with Gasteiger partial charge in [-0.25, -0.2) is 4.79 Å². The van der Waals surface area contributed by atoms with Crippen LogP contribution in [0.15, 0.2) is 46.9 Å². The number of esters is 2. The number of fused-ring (bicyclic) bond motifs is 2. The van der Waals surface area contributed by atoms with Crippen LogP contribution in [0.2, 0.25) is 5.02 Å². The van der Waals surface area contributed by atoms with E-state index in [-0.39, 0.29) is 31.9 Å². The highest BCUT2D eigenvalue weighted by Gasteiger charge is 2.41. The highest BCUT2D eigenvalue weighted by atomic mass is 35.5. The molecule has 0 bridgehead atoms. The minimum Gasteiger partial charge on any atom is -0.493 e. The Kier molecular flexibility index (Phi) is 11.7. The van der Waals surface area contributed by atoms with Gasteiger partial charge in [0, 0.05) is 51.8 Å². The van der Waals surface area contributed by atoms with Crippen LogP contribution in [0.5, 0.6) is 11.5 Å². The van der Waals surface area contributed by atoms with Crippen molar-refractivity contribution >= 4 is 57.7 Å². The number of nitrogens with one attached hydrogen (secondary N) is 1. The second-order valence-corrected chi connectivity index (χ2v) is 14.2. The maximum absolute atomic E-state index is 14.7. The fourth-order valence-corrected chi connectivity index (χ4v) is 6.75. The van der Waals surface area contributed by atoms with Gasteiger partial charge in [-0.05, 0) is 74.7 Å². The molecule has 0 aliphatic carbocycles. The third-order valence-electron chi connectivity index (χ3n) is 9.27. The second kappa shape index (κ2) is 15.9. The fourth-order valence-electron chi connectivity index (χ4n) is 6.57. The van der Waals surface area contributed by atoms with Crippen LogP contribution in [0.4, 0.5) is 11.4 Å². The molecule has 2 amide bonds. The van der Waals surface area contributed by atoms with E-state index in [1.165, 1.54) is 21.1 Å². The van der Waals surface area contributed by atoms with E-state index in [0.717, 1.165) is 11.1 Å². The van der Waals surface area contributed by atoms with Crippen LogP contribution >= 0.6 is 11.6 Å². The van der Waals surface area contributed by atoms with Gasteiger partial charge in [0.1, 0.15) is 17.8 Å². The Morgan fingerprint density at radius 2 is 1.70 bits per heavy atom. The van der Waals surface area contributed by atoms with E-state index < -0.39 is 41.4 Å². The van der Waals surface area contributed by atoms with Gasteiger partial charge in [0.05, 0.1) is 33.9 Å². The van der Waals surface area contributed by atoms with E-state index in [4.69, 9.17) is 39.7 Å². The number of hydrogen-bond donors (Lipinski definition) is 1. The van der Waals surface area contributed by atoms with E-state index in [9.17, 15) is 19.2 Å². The lowest BCUT2D eigenvalue weighted by Crippen LogP contribution is -2.46. The summed E-state index contributed by atoms with van der Waals surface area (Å²) in [6.45, 7) is 12.7. The molecule has 53 heavy (non-hydrogen) atoms. The molecule has 0 saturated carbocycles. The normalized spacial score (nSPS) is 15.8. The van der Waals surface area contributed by atoms with Crippen LogP contribution in [0, 0.1) is 26.2 Å². The molecule has 1 aliphatic heterocycles. The Morgan fingerprint density at radius 3 is 2.36 bits per heavy atom. The maximum Gasteiger partial charge on any atom is 0.374 e. The lowest BCUT2D eigenvalue weighted by Gasteiger charge is -2.33. The summed E-state index contributed by atoms with van der Waals surface area (Å²) < 4.78 is 34.4. The predicted molar refractivity (Wildman–Crippen MR) is 200 cm³/mol. The third kappa shape index (κ3) is 8.13. The number of carbonyl (C=O) groups is 4. The lowest BCUT2D eigenvalue weighted by molar-refractivity contribution is -0.144. The summed E-state index contributed by atoms with van der Waals surface area (Å²) in [5.74, 6) is -1.09. The zero-order valence-electron chi connectivity index (χ0n) is 31.4. The largest absolute Gasteiger partial charge is 0.493 e. The maximum atomic E-state index is 14.7. The summed E-state index contributed by atoms with van der Waals surface area (Å²) >= 11 is 6.58. The lowest BCUT2D eigenvalue weighted by atomic mass is 9.92. The number of aryl methyl sites for hydroxylation is 2. The standard InChI is InChI=1S/C40H45ClN2O10/c1-10-50-39(47)32-17-27-23(4)34(21(2)22(3)35(27)53-32)42-33(45)18-31-38(46)43(19-40(6,7)20-51-24(5)44)29-15-14-25(41)16-28(29)36(52-31)26-12-11-13-30(48-8)37(26)49-9/h11-17,31,36H,10,18-20H2,1-9H3,(H,42,45)/t31-,36-/m1/s1. The molecule has 1 aromatic heterocycles. The van der Waals surface area contributed by atoms with Crippen molar-refractivity contribution in [1.82, 2.24) is 0 Å². The van der Waals surface area contributed by atoms with Gasteiger partial charge < -0.3 is 38.3 Å². The molecule has 1 aliphatic rings. The van der Waals surface area contributed by atoms with Crippen molar-refractivity contribution in [2.24, 2.45) is 5.41 Å². The number of methoxy groups -OCH3 is 2. The number of hydrogen-bond acceptors (Lipinski definition) is 10. The Balaban J connectivity index is 1.58. The molecule has 13 heteroatoms. The van der Waals surface area contributed by atoms with Crippen LogP contribution in [-0.2, 0) is 28.6 Å². The van der Waals surface area contributed by atoms with Crippen molar-refractivity contribution in [3.05, 3.63) is 81.1 Å². The minimum atomic E-state index is -1.29. The molecule has 0 fully saturated rings. The topological polar surface area (TPSA) is 143 Å². The van der Waals surface area contributed by atoms with E-state index in [1.807, 2.05) is 34.6 Å². The van der Waals surface area contributed by atoms with Gasteiger partial charge in [0.15, 0.2) is 11.5 Å². The van der Waals surface area contributed by atoms with Crippen molar-refractivity contribution in [2.45, 2.75) is 67.1 Å². The zero-order valence-corrected chi connectivity index (χ0v) is 32.2. The van der Waals surface area contributed by atoms with Gasteiger partial charge in [-0.15, -0.1) is 0 Å². The molecule has 1 N–H and O–H groups in total. The van der Waals surface area contributed by atoms with E-state index in [1.54, 1.807) is 54.3 Å². The number of benzene rings is 3. The van der Waals surface area contributed by atoms with Gasteiger partial charge in [0.25, 0.3) is 5.91 Å². The molecule has 4 aromatic rings. The van der Waals surface area contributed by atoms with Gasteiger partial charge in [0.2, 0.25) is 11.7 Å². The van der Waals surface area contributed by atoms with Crippen LogP contribution in [0.25, 0.3) is 11.0 Å². The molecule has 12 nitrogen and oxygen atoms in total. The molecule has 5 rings (SSSR count). The first-order valence-electron chi connectivity index (χ1n) is 17.2. The number of para-hydroxylation sites is 1. The summed E-state index contributed by atoms with van der Waals surface area (Å²) in [7, 11) is 3.03. The summed E-state index contributed by atoms with van der Waals surface area (Å²) in [6.07, 6.45) is -2.58.